The maximum atomic E-state index is 6.06. The molecule has 0 N–H and O–H groups in total. The summed E-state index contributed by atoms with van der Waals surface area (Å²) in [6.07, 6.45) is 3.28. The first-order valence-corrected chi connectivity index (χ1v) is 6.50. The van der Waals surface area contributed by atoms with Crippen LogP contribution >= 0.6 is 11.6 Å². The van der Waals surface area contributed by atoms with Crippen molar-refractivity contribution in [1.82, 2.24) is 0 Å². The Labute approximate surface area is 103 Å². The van der Waals surface area contributed by atoms with Crippen molar-refractivity contribution in [2.45, 2.75) is 44.4 Å². The summed E-state index contributed by atoms with van der Waals surface area (Å²) in [6, 6.07) is 6.49. The van der Waals surface area contributed by atoms with Crippen LogP contribution in [0.3, 0.4) is 0 Å². The lowest BCUT2D eigenvalue weighted by molar-refractivity contribution is 0.283. The van der Waals surface area contributed by atoms with Gasteiger partial charge in [-0.15, -0.1) is 11.6 Å². The van der Waals surface area contributed by atoms with E-state index >= 15 is 0 Å². The van der Waals surface area contributed by atoms with Crippen LogP contribution in [0.4, 0.5) is 0 Å². The van der Waals surface area contributed by atoms with E-state index in [1.165, 1.54) is 11.1 Å². The molecule has 1 aromatic carbocycles. The number of hydrogen-bond donors (Lipinski definition) is 0. The van der Waals surface area contributed by atoms with Crippen molar-refractivity contribution in [3.63, 3.8) is 0 Å². The summed E-state index contributed by atoms with van der Waals surface area (Å²) in [5.74, 6) is 1.60. The minimum atomic E-state index is 0.217. The van der Waals surface area contributed by atoms with Crippen molar-refractivity contribution in [3.05, 3.63) is 29.3 Å². The average Bonchev–Trinajstić information content (AvgIpc) is 2.27. The summed E-state index contributed by atoms with van der Waals surface area (Å²) >= 11 is 6.06. The van der Waals surface area contributed by atoms with E-state index in [1.54, 1.807) is 0 Å². The van der Waals surface area contributed by atoms with Gasteiger partial charge in [-0.1, -0.05) is 25.1 Å². The number of para-hydroxylation sites is 1. The Morgan fingerprint density at radius 1 is 1.38 bits per heavy atom. The highest BCUT2D eigenvalue weighted by Crippen LogP contribution is 2.35. The maximum Gasteiger partial charge on any atom is 0.125 e. The predicted molar refractivity (Wildman–Crippen MR) is 68.6 cm³/mol. The molecule has 16 heavy (non-hydrogen) atoms. The first kappa shape index (κ1) is 11.8. The van der Waals surface area contributed by atoms with Crippen LogP contribution in [0.2, 0.25) is 0 Å². The zero-order valence-corrected chi connectivity index (χ0v) is 10.8. The summed E-state index contributed by atoms with van der Waals surface area (Å²) < 4.78 is 5.81. The van der Waals surface area contributed by atoms with E-state index in [9.17, 15) is 0 Å². The van der Waals surface area contributed by atoms with Gasteiger partial charge in [0.2, 0.25) is 0 Å². The second-order valence-electron chi connectivity index (χ2n) is 4.71. The third kappa shape index (κ3) is 2.52. The molecule has 2 heteroatoms. The van der Waals surface area contributed by atoms with E-state index in [2.05, 4.69) is 25.1 Å². The molecule has 0 saturated heterocycles. The smallest absolute Gasteiger partial charge is 0.125 e. The molecule has 88 valence electrons. The van der Waals surface area contributed by atoms with Gasteiger partial charge in [0, 0.05) is 5.38 Å². The molecule has 0 saturated carbocycles. The van der Waals surface area contributed by atoms with Crippen LogP contribution in [0, 0.1) is 0 Å². The normalized spacial score (nSPS) is 18.4. The number of halogens is 1. The van der Waals surface area contributed by atoms with Crippen molar-refractivity contribution in [3.8, 4) is 5.75 Å². The fourth-order valence-corrected chi connectivity index (χ4v) is 2.68. The Hall–Kier alpha value is -0.690. The lowest BCUT2D eigenvalue weighted by Gasteiger charge is -2.23. The molecule has 0 aliphatic carbocycles. The van der Waals surface area contributed by atoms with Gasteiger partial charge in [0.05, 0.1) is 6.61 Å². The molecule has 0 bridgehead atoms. The van der Waals surface area contributed by atoms with Gasteiger partial charge in [-0.25, -0.2) is 0 Å². The molecule has 0 fully saturated rings. The minimum Gasteiger partial charge on any atom is -0.493 e. The standard InChI is InChI=1S/C14H19ClO/c1-10(9-11(2)15)13-7-3-5-12-6-4-8-16-14(12)13/h3,5,7,10-11H,4,6,8-9H2,1-2H3. The second kappa shape index (κ2) is 5.09. The highest BCUT2D eigenvalue weighted by atomic mass is 35.5. The molecule has 2 atom stereocenters. The molecule has 2 unspecified atom stereocenters. The molecular weight excluding hydrogens is 220 g/mol. The van der Waals surface area contributed by atoms with Gasteiger partial charge in [-0.3, -0.25) is 0 Å². The van der Waals surface area contributed by atoms with Crippen LogP contribution in [0.25, 0.3) is 0 Å². The Kier molecular flexibility index (Phi) is 3.75. The average molecular weight is 239 g/mol. The van der Waals surface area contributed by atoms with Crippen molar-refractivity contribution >= 4 is 11.6 Å². The molecule has 1 nitrogen and oxygen atoms in total. The van der Waals surface area contributed by atoms with Gasteiger partial charge in [-0.05, 0) is 43.2 Å². The topological polar surface area (TPSA) is 9.23 Å². The van der Waals surface area contributed by atoms with Crippen molar-refractivity contribution < 1.29 is 4.74 Å². The SMILES string of the molecule is CC(Cl)CC(C)c1cccc2c1OCCC2. The van der Waals surface area contributed by atoms with Crippen molar-refractivity contribution in [1.29, 1.82) is 0 Å². The number of rotatable bonds is 3. The van der Waals surface area contributed by atoms with Gasteiger partial charge in [0.25, 0.3) is 0 Å². The van der Waals surface area contributed by atoms with Gasteiger partial charge in [0.1, 0.15) is 5.75 Å². The van der Waals surface area contributed by atoms with E-state index in [0.29, 0.717) is 5.92 Å². The fraction of sp³-hybridized carbons (Fsp3) is 0.571. The Balaban J connectivity index is 2.26. The molecule has 0 radical (unpaired) electrons. The zero-order valence-electron chi connectivity index (χ0n) is 10.0. The molecule has 2 rings (SSSR count). The minimum absolute atomic E-state index is 0.217. The molecular formula is C14H19ClO. The van der Waals surface area contributed by atoms with Crippen molar-refractivity contribution in [2.75, 3.05) is 6.61 Å². The third-order valence-electron chi connectivity index (χ3n) is 3.17. The lowest BCUT2D eigenvalue weighted by atomic mass is 9.92. The first-order valence-electron chi connectivity index (χ1n) is 6.07. The highest BCUT2D eigenvalue weighted by molar-refractivity contribution is 6.20. The third-order valence-corrected chi connectivity index (χ3v) is 3.35. The van der Waals surface area contributed by atoms with Gasteiger partial charge >= 0.3 is 0 Å². The largest absolute Gasteiger partial charge is 0.493 e. The van der Waals surface area contributed by atoms with Gasteiger partial charge in [0.15, 0.2) is 0 Å². The second-order valence-corrected chi connectivity index (χ2v) is 5.45. The van der Waals surface area contributed by atoms with E-state index < -0.39 is 0 Å². The van der Waals surface area contributed by atoms with Crippen LogP contribution in [-0.4, -0.2) is 12.0 Å². The highest BCUT2D eigenvalue weighted by Gasteiger charge is 2.18. The van der Waals surface area contributed by atoms with Crippen LogP contribution < -0.4 is 4.74 Å². The Bertz CT molecular complexity index is 360. The zero-order chi connectivity index (χ0) is 11.5. The quantitative estimate of drug-likeness (QED) is 0.720. The lowest BCUT2D eigenvalue weighted by Crippen LogP contribution is -2.12. The molecule has 1 aromatic rings. The van der Waals surface area contributed by atoms with E-state index in [4.69, 9.17) is 16.3 Å². The van der Waals surface area contributed by atoms with Gasteiger partial charge < -0.3 is 4.74 Å². The number of benzene rings is 1. The predicted octanol–water partition coefficient (Wildman–Crippen LogP) is 4.13. The van der Waals surface area contributed by atoms with E-state index in [1.807, 2.05) is 6.92 Å². The number of alkyl halides is 1. The molecule has 0 aromatic heterocycles. The van der Waals surface area contributed by atoms with Crippen LogP contribution in [-0.2, 0) is 6.42 Å². The summed E-state index contributed by atoms with van der Waals surface area (Å²) in [6.45, 7) is 5.13. The van der Waals surface area contributed by atoms with E-state index in [0.717, 1.165) is 31.6 Å². The maximum absolute atomic E-state index is 6.06. The molecule has 1 heterocycles. The number of ether oxygens (including phenoxy) is 1. The van der Waals surface area contributed by atoms with E-state index in [-0.39, 0.29) is 5.38 Å². The number of aryl methyl sites for hydroxylation is 1. The Morgan fingerprint density at radius 2 is 2.19 bits per heavy atom. The summed E-state index contributed by atoms with van der Waals surface area (Å²) in [5, 5.41) is 0.217. The number of hydrogen-bond acceptors (Lipinski definition) is 1. The van der Waals surface area contributed by atoms with Crippen LogP contribution in [0.5, 0.6) is 5.75 Å². The molecule has 1 aliphatic heterocycles. The van der Waals surface area contributed by atoms with Crippen molar-refractivity contribution in [2.24, 2.45) is 0 Å². The Morgan fingerprint density at radius 3 is 2.94 bits per heavy atom. The van der Waals surface area contributed by atoms with Crippen LogP contribution in [0.15, 0.2) is 18.2 Å². The number of fused-ring (bicyclic) bond motifs is 1. The molecule has 0 amide bonds. The molecule has 1 aliphatic rings. The van der Waals surface area contributed by atoms with Gasteiger partial charge in [-0.2, -0.15) is 0 Å². The summed E-state index contributed by atoms with van der Waals surface area (Å²) in [5.41, 5.74) is 2.68. The summed E-state index contributed by atoms with van der Waals surface area (Å²) in [7, 11) is 0. The first-order chi connectivity index (χ1) is 7.68. The monoisotopic (exact) mass is 238 g/mol. The molecule has 0 spiro atoms. The summed E-state index contributed by atoms with van der Waals surface area (Å²) in [4.78, 5) is 0. The van der Waals surface area contributed by atoms with Crippen LogP contribution in [0.1, 0.15) is 43.7 Å². The fourth-order valence-electron chi connectivity index (χ4n) is 2.42.